The second-order valence-electron chi connectivity index (χ2n) is 6.07. The zero-order valence-corrected chi connectivity index (χ0v) is 12.3. The first-order valence-corrected chi connectivity index (χ1v) is 6.63. The van der Waals surface area contributed by atoms with E-state index < -0.39 is 11.7 Å². The first-order chi connectivity index (χ1) is 9.08. The van der Waals surface area contributed by atoms with Gasteiger partial charge in [0, 0.05) is 18.0 Å². The van der Waals surface area contributed by atoms with Crippen LogP contribution in [0.25, 0.3) is 0 Å². The quantitative estimate of drug-likeness (QED) is 0.881. The number of hydrogen-bond donors (Lipinski definition) is 1. The van der Waals surface area contributed by atoms with E-state index in [4.69, 9.17) is 4.74 Å². The first kappa shape index (κ1) is 16.8. The highest BCUT2D eigenvalue weighted by Gasteiger charge is 2.30. The minimum atomic E-state index is -4.33. The molecule has 114 valence electrons. The number of alkyl halides is 3. The van der Waals surface area contributed by atoms with Crippen LogP contribution in [0.4, 0.5) is 13.2 Å². The van der Waals surface area contributed by atoms with E-state index in [1.165, 1.54) is 6.07 Å². The molecule has 2 nitrogen and oxygen atoms in total. The summed E-state index contributed by atoms with van der Waals surface area (Å²) in [6.07, 6.45) is -4.33. The van der Waals surface area contributed by atoms with Crippen LogP contribution in [0.3, 0.4) is 0 Å². The number of hydrogen-bond acceptors (Lipinski definition) is 2. The van der Waals surface area contributed by atoms with E-state index in [9.17, 15) is 13.2 Å². The fourth-order valence-corrected chi connectivity index (χ4v) is 1.54. The van der Waals surface area contributed by atoms with Crippen molar-refractivity contribution in [3.63, 3.8) is 0 Å². The van der Waals surface area contributed by atoms with Gasteiger partial charge in [-0.05, 0) is 39.0 Å². The Balaban J connectivity index is 2.50. The lowest BCUT2D eigenvalue weighted by atomic mass is 10.1. The number of rotatable bonds is 5. The molecular weight excluding hydrogens is 267 g/mol. The maximum Gasteiger partial charge on any atom is 0.416 e. The first-order valence-electron chi connectivity index (χ1n) is 6.63. The van der Waals surface area contributed by atoms with Crippen LogP contribution in [0, 0.1) is 5.92 Å². The Labute approximate surface area is 118 Å². The number of benzene rings is 1. The summed E-state index contributed by atoms with van der Waals surface area (Å²) in [5, 5.41) is 3.33. The second kappa shape index (κ2) is 6.48. The van der Waals surface area contributed by atoms with Crippen LogP contribution in [-0.2, 0) is 6.18 Å². The topological polar surface area (TPSA) is 21.3 Å². The molecule has 0 aliphatic carbocycles. The van der Waals surface area contributed by atoms with Crippen molar-refractivity contribution < 1.29 is 17.9 Å². The molecule has 1 N–H and O–H groups in total. The largest absolute Gasteiger partial charge is 0.493 e. The van der Waals surface area contributed by atoms with Gasteiger partial charge in [-0.15, -0.1) is 0 Å². The predicted molar refractivity (Wildman–Crippen MR) is 73.9 cm³/mol. The van der Waals surface area contributed by atoms with E-state index >= 15 is 0 Å². The van der Waals surface area contributed by atoms with Gasteiger partial charge in [-0.2, -0.15) is 13.2 Å². The third-order valence-electron chi connectivity index (χ3n) is 2.68. The summed E-state index contributed by atoms with van der Waals surface area (Å²) in [6, 6.07) is 4.97. The van der Waals surface area contributed by atoms with Crippen molar-refractivity contribution >= 4 is 0 Å². The van der Waals surface area contributed by atoms with Gasteiger partial charge in [-0.1, -0.05) is 13.0 Å². The summed E-state index contributed by atoms with van der Waals surface area (Å²) in [7, 11) is 0. The Morgan fingerprint density at radius 1 is 1.20 bits per heavy atom. The fourth-order valence-electron chi connectivity index (χ4n) is 1.54. The summed E-state index contributed by atoms with van der Waals surface area (Å²) in [6.45, 7) is 9.31. The van der Waals surface area contributed by atoms with E-state index in [0.29, 0.717) is 6.61 Å². The van der Waals surface area contributed by atoms with Crippen molar-refractivity contribution in [2.24, 2.45) is 5.92 Å². The van der Waals surface area contributed by atoms with Gasteiger partial charge in [0.05, 0.1) is 12.2 Å². The van der Waals surface area contributed by atoms with Gasteiger partial charge in [-0.3, -0.25) is 0 Å². The third kappa shape index (κ3) is 6.28. The molecule has 1 rings (SSSR count). The van der Waals surface area contributed by atoms with Gasteiger partial charge in [0.2, 0.25) is 0 Å². The number of ether oxygens (including phenoxy) is 1. The Morgan fingerprint density at radius 3 is 2.40 bits per heavy atom. The van der Waals surface area contributed by atoms with E-state index in [1.54, 1.807) is 6.07 Å². The van der Waals surface area contributed by atoms with Gasteiger partial charge < -0.3 is 10.1 Å². The summed E-state index contributed by atoms with van der Waals surface area (Å²) in [4.78, 5) is 0. The lowest BCUT2D eigenvalue weighted by Crippen LogP contribution is -2.39. The standard InChI is InChI=1S/C15H22F3NO/c1-11(9-19-14(2,3)4)10-20-13-7-5-6-12(8-13)15(16,17)18/h5-8,11,19H,9-10H2,1-4H3. The normalized spacial score (nSPS) is 14.2. The maximum absolute atomic E-state index is 12.6. The Morgan fingerprint density at radius 2 is 1.85 bits per heavy atom. The average Bonchev–Trinajstić information content (AvgIpc) is 2.32. The van der Waals surface area contributed by atoms with Crippen molar-refractivity contribution in [2.75, 3.05) is 13.2 Å². The van der Waals surface area contributed by atoms with Crippen molar-refractivity contribution in [3.05, 3.63) is 29.8 Å². The Hall–Kier alpha value is -1.23. The molecule has 0 saturated heterocycles. The van der Waals surface area contributed by atoms with Crippen molar-refractivity contribution in [1.82, 2.24) is 5.32 Å². The molecular formula is C15H22F3NO. The molecule has 1 atom stereocenters. The minimum absolute atomic E-state index is 0.0183. The highest BCUT2D eigenvalue weighted by molar-refractivity contribution is 5.30. The summed E-state index contributed by atoms with van der Waals surface area (Å²) >= 11 is 0. The van der Waals surface area contributed by atoms with Crippen LogP contribution in [0.1, 0.15) is 33.3 Å². The van der Waals surface area contributed by atoms with E-state index in [0.717, 1.165) is 18.7 Å². The molecule has 0 bridgehead atoms. The van der Waals surface area contributed by atoms with E-state index in [2.05, 4.69) is 26.1 Å². The van der Waals surface area contributed by atoms with Crippen LogP contribution in [0.2, 0.25) is 0 Å². The fraction of sp³-hybridized carbons (Fsp3) is 0.600. The molecule has 0 aliphatic heterocycles. The summed E-state index contributed by atoms with van der Waals surface area (Å²) < 4.78 is 43.1. The molecule has 5 heteroatoms. The highest BCUT2D eigenvalue weighted by atomic mass is 19.4. The lowest BCUT2D eigenvalue weighted by molar-refractivity contribution is -0.137. The SMILES string of the molecule is CC(CNC(C)(C)C)COc1cccc(C(F)(F)F)c1. The molecule has 0 heterocycles. The van der Waals surface area contributed by atoms with Crippen LogP contribution in [-0.4, -0.2) is 18.7 Å². The molecule has 0 spiro atoms. The van der Waals surface area contributed by atoms with Crippen molar-refractivity contribution in [1.29, 1.82) is 0 Å². The second-order valence-corrected chi connectivity index (χ2v) is 6.07. The molecule has 0 saturated carbocycles. The third-order valence-corrected chi connectivity index (χ3v) is 2.68. The minimum Gasteiger partial charge on any atom is -0.493 e. The van der Waals surface area contributed by atoms with Crippen LogP contribution in [0.5, 0.6) is 5.75 Å². The molecule has 1 unspecified atom stereocenters. The zero-order valence-electron chi connectivity index (χ0n) is 12.3. The van der Waals surface area contributed by atoms with Gasteiger partial charge in [0.15, 0.2) is 0 Å². The molecule has 0 amide bonds. The van der Waals surface area contributed by atoms with Crippen LogP contribution >= 0.6 is 0 Å². The molecule has 1 aromatic carbocycles. The molecule has 0 aliphatic rings. The molecule has 1 aromatic rings. The van der Waals surface area contributed by atoms with Gasteiger partial charge >= 0.3 is 6.18 Å². The lowest BCUT2D eigenvalue weighted by Gasteiger charge is -2.23. The zero-order chi connectivity index (χ0) is 15.4. The Kier molecular flexibility index (Phi) is 5.45. The summed E-state index contributed by atoms with van der Waals surface area (Å²) in [5.41, 5.74) is -0.666. The smallest absolute Gasteiger partial charge is 0.416 e. The van der Waals surface area contributed by atoms with E-state index in [-0.39, 0.29) is 17.2 Å². The molecule has 0 aromatic heterocycles. The van der Waals surface area contributed by atoms with Gasteiger partial charge in [0.1, 0.15) is 5.75 Å². The van der Waals surface area contributed by atoms with Crippen LogP contribution < -0.4 is 10.1 Å². The monoisotopic (exact) mass is 289 g/mol. The van der Waals surface area contributed by atoms with Crippen molar-refractivity contribution in [3.8, 4) is 5.75 Å². The van der Waals surface area contributed by atoms with Gasteiger partial charge in [-0.25, -0.2) is 0 Å². The molecule has 0 radical (unpaired) electrons. The Bertz CT molecular complexity index is 424. The number of halogens is 3. The molecule has 0 fully saturated rings. The van der Waals surface area contributed by atoms with Crippen molar-refractivity contribution in [2.45, 2.75) is 39.4 Å². The number of nitrogens with one attached hydrogen (secondary N) is 1. The summed E-state index contributed by atoms with van der Waals surface area (Å²) in [5.74, 6) is 0.464. The van der Waals surface area contributed by atoms with Gasteiger partial charge in [0.25, 0.3) is 0 Å². The maximum atomic E-state index is 12.6. The van der Waals surface area contributed by atoms with E-state index in [1.807, 2.05) is 6.92 Å². The predicted octanol–water partition coefficient (Wildman–Crippen LogP) is 4.11. The van der Waals surface area contributed by atoms with Crippen LogP contribution in [0.15, 0.2) is 24.3 Å². The molecule has 20 heavy (non-hydrogen) atoms. The average molecular weight is 289 g/mol. The highest BCUT2D eigenvalue weighted by Crippen LogP contribution is 2.31.